The zero-order valence-corrected chi connectivity index (χ0v) is 18.5. The van der Waals surface area contributed by atoms with Gasteiger partial charge in [-0.3, -0.25) is 4.79 Å². The minimum atomic E-state index is 0.0410. The molecule has 1 amide bonds. The number of aromatic nitrogens is 1. The first-order valence-corrected chi connectivity index (χ1v) is 10.2. The van der Waals surface area contributed by atoms with Crippen LogP contribution in [0.5, 0.6) is 11.5 Å². The van der Waals surface area contributed by atoms with Crippen LogP contribution in [0.2, 0.25) is 0 Å². The second-order valence-corrected chi connectivity index (χ2v) is 7.88. The Morgan fingerprint density at radius 1 is 1.33 bits per heavy atom. The summed E-state index contributed by atoms with van der Waals surface area (Å²) in [5.41, 5.74) is 2.63. The summed E-state index contributed by atoms with van der Waals surface area (Å²) in [6, 6.07) is 6.05. The number of methoxy groups -OCH3 is 1. The van der Waals surface area contributed by atoms with Crippen molar-refractivity contribution in [2.24, 2.45) is 0 Å². The molecule has 7 heteroatoms. The summed E-state index contributed by atoms with van der Waals surface area (Å²) < 4.78 is 16.6. The maximum Gasteiger partial charge on any atom is 0.246 e. The van der Waals surface area contributed by atoms with Crippen molar-refractivity contribution in [2.75, 3.05) is 34.3 Å². The molecule has 3 rings (SSSR count). The number of likely N-dealkylation sites (N-methyl/N-ethyl adjacent to an activating group) is 1. The Labute approximate surface area is 178 Å². The van der Waals surface area contributed by atoms with Crippen molar-refractivity contribution >= 4 is 12.0 Å². The molecule has 0 spiro atoms. The first kappa shape index (κ1) is 21.9. The van der Waals surface area contributed by atoms with Crippen LogP contribution in [0.3, 0.4) is 0 Å². The van der Waals surface area contributed by atoms with Gasteiger partial charge in [0, 0.05) is 25.2 Å². The zero-order chi connectivity index (χ0) is 21.7. The van der Waals surface area contributed by atoms with E-state index in [9.17, 15) is 4.79 Å². The molecule has 1 unspecified atom stereocenters. The molecule has 1 aliphatic rings. The number of hydrogen-bond acceptors (Lipinski definition) is 6. The van der Waals surface area contributed by atoms with E-state index in [0.29, 0.717) is 24.1 Å². The first-order valence-electron chi connectivity index (χ1n) is 10.2. The average molecular weight is 414 g/mol. The largest absolute Gasteiger partial charge is 0.493 e. The second-order valence-electron chi connectivity index (χ2n) is 7.88. The summed E-state index contributed by atoms with van der Waals surface area (Å²) in [6.07, 6.45) is 5.62. The lowest BCUT2D eigenvalue weighted by atomic mass is 10.0. The van der Waals surface area contributed by atoms with E-state index in [1.165, 1.54) is 0 Å². The highest BCUT2D eigenvalue weighted by molar-refractivity contribution is 5.92. The van der Waals surface area contributed by atoms with E-state index in [0.717, 1.165) is 48.5 Å². The van der Waals surface area contributed by atoms with Crippen LogP contribution in [-0.2, 0) is 11.4 Å². The molecular formula is C23H31N3O4. The number of benzene rings is 1. The van der Waals surface area contributed by atoms with Crippen LogP contribution in [0.25, 0.3) is 6.08 Å². The average Bonchev–Trinajstić information content (AvgIpc) is 3.08. The number of hydrogen-bond donors (Lipinski definition) is 0. The number of aryl methyl sites for hydroxylation is 2. The summed E-state index contributed by atoms with van der Waals surface area (Å²) in [6.45, 7) is 5.69. The Bertz CT molecular complexity index is 884. The van der Waals surface area contributed by atoms with E-state index in [-0.39, 0.29) is 5.91 Å². The topological polar surface area (TPSA) is 68.0 Å². The van der Waals surface area contributed by atoms with Gasteiger partial charge < -0.3 is 23.8 Å². The molecule has 30 heavy (non-hydrogen) atoms. The second kappa shape index (κ2) is 9.80. The molecule has 2 heterocycles. The predicted octanol–water partition coefficient (Wildman–Crippen LogP) is 3.44. The fraction of sp³-hybridized carbons (Fsp3) is 0.478. The summed E-state index contributed by atoms with van der Waals surface area (Å²) in [5, 5.41) is 3.94. The van der Waals surface area contributed by atoms with E-state index < -0.39 is 0 Å². The van der Waals surface area contributed by atoms with Crippen LogP contribution >= 0.6 is 0 Å². The lowest BCUT2D eigenvalue weighted by molar-refractivity contribution is -0.127. The Balaban J connectivity index is 1.64. The number of amides is 1. The Morgan fingerprint density at radius 3 is 2.80 bits per heavy atom. The third-order valence-corrected chi connectivity index (χ3v) is 5.60. The highest BCUT2D eigenvalue weighted by atomic mass is 16.5. The molecule has 1 saturated heterocycles. The van der Waals surface area contributed by atoms with Crippen LogP contribution < -0.4 is 9.47 Å². The minimum Gasteiger partial charge on any atom is -0.493 e. The van der Waals surface area contributed by atoms with E-state index >= 15 is 0 Å². The van der Waals surface area contributed by atoms with Gasteiger partial charge in [-0.25, -0.2) is 0 Å². The lowest BCUT2D eigenvalue weighted by Crippen LogP contribution is -2.47. The Hall–Kier alpha value is -2.80. The summed E-state index contributed by atoms with van der Waals surface area (Å²) in [4.78, 5) is 16.7. The monoisotopic (exact) mass is 413 g/mol. The van der Waals surface area contributed by atoms with E-state index in [1.54, 1.807) is 13.2 Å². The maximum atomic E-state index is 12.6. The van der Waals surface area contributed by atoms with Gasteiger partial charge in [-0.2, -0.15) is 0 Å². The molecule has 7 nitrogen and oxygen atoms in total. The van der Waals surface area contributed by atoms with Crippen molar-refractivity contribution in [1.82, 2.24) is 15.0 Å². The first-order chi connectivity index (χ1) is 14.4. The standard InChI is InChI=1S/C23H31N3O4/c1-16-20(17(2)30-24-16)15-29-21-10-8-18(13-22(21)28-5)9-11-23(27)26-12-6-7-19(14-26)25(3)4/h8-11,13,19H,6-7,12,14-15H2,1-5H3/b11-9+. The van der Waals surface area contributed by atoms with Gasteiger partial charge in [-0.05, 0) is 64.6 Å². The van der Waals surface area contributed by atoms with E-state index in [2.05, 4.69) is 24.2 Å². The molecule has 1 aromatic heterocycles. The Kier molecular flexibility index (Phi) is 7.15. The molecular weight excluding hydrogens is 382 g/mol. The number of piperidine rings is 1. The number of carbonyl (C=O) groups is 1. The zero-order valence-electron chi connectivity index (χ0n) is 18.5. The van der Waals surface area contributed by atoms with Gasteiger partial charge in [0.2, 0.25) is 5.91 Å². The minimum absolute atomic E-state index is 0.0410. The van der Waals surface area contributed by atoms with Gasteiger partial charge in [0.1, 0.15) is 12.4 Å². The summed E-state index contributed by atoms with van der Waals surface area (Å²) in [5.74, 6) is 2.03. The third kappa shape index (κ3) is 5.21. The van der Waals surface area contributed by atoms with Gasteiger partial charge in [0.05, 0.1) is 18.4 Å². The van der Waals surface area contributed by atoms with Crippen molar-refractivity contribution in [3.63, 3.8) is 0 Å². The molecule has 1 fully saturated rings. The van der Waals surface area contributed by atoms with E-state index in [1.807, 2.05) is 43.0 Å². The van der Waals surface area contributed by atoms with Crippen molar-refractivity contribution < 1.29 is 18.8 Å². The highest BCUT2D eigenvalue weighted by Crippen LogP contribution is 2.30. The number of nitrogens with zero attached hydrogens (tertiary/aromatic N) is 3. The molecule has 1 aliphatic heterocycles. The molecule has 0 radical (unpaired) electrons. The van der Waals surface area contributed by atoms with Gasteiger partial charge in [0.15, 0.2) is 11.5 Å². The normalized spacial score (nSPS) is 17.0. The van der Waals surface area contributed by atoms with Gasteiger partial charge in [-0.15, -0.1) is 0 Å². The Morgan fingerprint density at radius 2 is 2.13 bits per heavy atom. The molecule has 0 N–H and O–H groups in total. The van der Waals surface area contributed by atoms with Crippen molar-refractivity contribution in [3.05, 3.63) is 46.9 Å². The van der Waals surface area contributed by atoms with Crippen LogP contribution in [0.15, 0.2) is 28.8 Å². The molecule has 2 aromatic rings. The molecule has 0 saturated carbocycles. The highest BCUT2D eigenvalue weighted by Gasteiger charge is 2.23. The number of ether oxygens (including phenoxy) is 2. The van der Waals surface area contributed by atoms with Crippen LogP contribution in [0.1, 0.15) is 35.4 Å². The van der Waals surface area contributed by atoms with Crippen LogP contribution in [0, 0.1) is 13.8 Å². The van der Waals surface area contributed by atoms with Gasteiger partial charge >= 0.3 is 0 Å². The number of carbonyl (C=O) groups excluding carboxylic acids is 1. The molecule has 0 bridgehead atoms. The fourth-order valence-corrected chi connectivity index (χ4v) is 3.61. The number of likely N-dealkylation sites (tertiary alicyclic amines) is 1. The van der Waals surface area contributed by atoms with Crippen molar-refractivity contribution in [2.45, 2.75) is 39.3 Å². The molecule has 0 aliphatic carbocycles. The van der Waals surface area contributed by atoms with Crippen molar-refractivity contribution in [3.8, 4) is 11.5 Å². The van der Waals surface area contributed by atoms with Crippen molar-refractivity contribution in [1.29, 1.82) is 0 Å². The molecule has 1 atom stereocenters. The maximum absolute atomic E-state index is 12.6. The fourth-order valence-electron chi connectivity index (χ4n) is 3.61. The van der Waals surface area contributed by atoms with Crippen LogP contribution in [0.4, 0.5) is 0 Å². The number of rotatable bonds is 7. The van der Waals surface area contributed by atoms with E-state index in [4.69, 9.17) is 14.0 Å². The van der Waals surface area contributed by atoms with Gasteiger partial charge in [0.25, 0.3) is 0 Å². The smallest absolute Gasteiger partial charge is 0.246 e. The summed E-state index contributed by atoms with van der Waals surface area (Å²) >= 11 is 0. The lowest BCUT2D eigenvalue weighted by Gasteiger charge is -2.35. The SMILES string of the molecule is COc1cc(/C=C/C(=O)N2CCCC(N(C)C)C2)ccc1OCc1c(C)noc1C. The quantitative estimate of drug-likeness (QED) is 0.648. The van der Waals surface area contributed by atoms with Gasteiger partial charge in [-0.1, -0.05) is 11.2 Å². The third-order valence-electron chi connectivity index (χ3n) is 5.60. The molecule has 162 valence electrons. The predicted molar refractivity (Wildman–Crippen MR) is 116 cm³/mol. The summed E-state index contributed by atoms with van der Waals surface area (Å²) in [7, 11) is 5.73. The van der Waals surface area contributed by atoms with Crippen LogP contribution in [-0.4, -0.2) is 61.2 Å². The molecule has 1 aromatic carbocycles.